The summed E-state index contributed by atoms with van der Waals surface area (Å²) in [6.45, 7) is 3.13. The molecule has 1 aliphatic heterocycles. The Balaban J connectivity index is 1.58. The van der Waals surface area contributed by atoms with E-state index in [2.05, 4.69) is 22.4 Å². The normalized spacial score (nSPS) is 16.5. The van der Waals surface area contributed by atoms with Crippen molar-refractivity contribution in [3.8, 4) is 0 Å². The number of piperidine rings is 1. The van der Waals surface area contributed by atoms with E-state index in [-0.39, 0.29) is 15.4 Å². The second-order valence-corrected chi connectivity index (χ2v) is 9.58. The van der Waals surface area contributed by atoms with Crippen LogP contribution in [0, 0.1) is 5.92 Å². The summed E-state index contributed by atoms with van der Waals surface area (Å²) in [6, 6.07) is 9.70. The molecule has 1 aromatic carbocycles. The fraction of sp³-hybridized carbons (Fsp3) is 0.471. The average Bonchev–Trinajstić information content (AvgIpc) is 3.10. The summed E-state index contributed by atoms with van der Waals surface area (Å²) in [4.78, 5) is 12.1. The first-order valence-electron chi connectivity index (χ1n) is 8.62. The van der Waals surface area contributed by atoms with Crippen LogP contribution >= 0.6 is 11.3 Å². The van der Waals surface area contributed by atoms with Gasteiger partial charge in [0.1, 0.15) is 0 Å². The van der Waals surface area contributed by atoms with Gasteiger partial charge in [0.25, 0.3) is 10.0 Å². The number of aryl methyl sites for hydroxylation is 1. The summed E-state index contributed by atoms with van der Waals surface area (Å²) in [5.74, 6) is 0.330. The van der Waals surface area contributed by atoms with Gasteiger partial charge in [0.15, 0.2) is 0 Å². The first-order chi connectivity index (χ1) is 12.4. The second kappa shape index (κ2) is 8.24. The van der Waals surface area contributed by atoms with Crippen LogP contribution in [0.1, 0.15) is 31.7 Å². The van der Waals surface area contributed by atoms with Crippen LogP contribution in [0.25, 0.3) is 0 Å². The van der Waals surface area contributed by atoms with Gasteiger partial charge in [-0.15, -0.1) is 10.2 Å². The number of aromatic nitrogens is 2. The molecule has 0 unspecified atom stereocenters. The lowest BCUT2D eigenvalue weighted by Crippen LogP contribution is -2.37. The van der Waals surface area contributed by atoms with E-state index in [0.29, 0.717) is 31.8 Å². The predicted molar refractivity (Wildman–Crippen MR) is 100 cm³/mol. The van der Waals surface area contributed by atoms with Crippen molar-refractivity contribution in [2.45, 2.75) is 36.9 Å². The lowest BCUT2D eigenvalue weighted by molar-refractivity contribution is -0.116. The van der Waals surface area contributed by atoms with Crippen molar-refractivity contribution in [2.75, 3.05) is 18.4 Å². The topological polar surface area (TPSA) is 92.3 Å². The molecule has 2 heterocycles. The molecule has 9 heteroatoms. The number of anilines is 1. The molecule has 1 fully saturated rings. The third-order valence-corrected chi connectivity index (χ3v) is 7.52. The smallest absolute Gasteiger partial charge is 0.272 e. The molecule has 0 spiro atoms. The van der Waals surface area contributed by atoms with Crippen LogP contribution in [0.4, 0.5) is 5.13 Å². The van der Waals surface area contributed by atoms with E-state index in [0.717, 1.165) is 29.7 Å². The molecular formula is C17H22N4O3S2. The maximum absolute atomic E-state index is 12.6. The van der Waals surface area contributed by atoms with Crippen LogP contribution in [0.15, 0.2) is 34.7 Å². The molecule has 0 saturated carbocycles. The predicted octanol–water partition coefficient (Wildman–Crippen LogP) is 2.53. The van der Waals surface area contributed by atoms with Gasteiger partial charge in [-0.1, -0.05) is 48.6 Å². The van der Waals surface area contributed by atoms with Crippen LogP contribution in [-0.4, -0.2) is 41.9 Å². The maximum Gasteiger partial charge on any atom is 0.272 e. The first-order valence-corrected chi connectivity index (χ1v) is 10.9. The zero-order valence-electron chi connectivity index (χ0n) is 14.6. The summed E-state index contributed by atoms with van der Waals surface area (Å²) in [6.07, 6.45) is 2.61. The van der Waals surface area contributed by atoms with Crippen LogP contribution in [0.3, 0.4) is 0 Å². The maximum atomic E-state index is 12.6. The third kappa shape index (κ3) is 4.66. The Labute approximate surface area is 157 Å². The number of sulfonamides is 1. The quantitative estimate of drug-likeness (QED) is 0.760. The molecule has 1 amide bonds. The molecule has 1 saturated heterocycles. The molecule has 1 aliphatic rings. The minimum absolute atomic E-state index is 0.0644. The Morgan fingerprint density at radius 1 is 1.23 bits per heavy atom. The number of amides is 1. The van der Waals surface area contributed by atoms with Crippen LogP contribution in [-0.2, 0) is 21.2 Å². The fourth-order valence-corrected chi connectivity index (χ4v) is 5.31. The number of benzene rings is 1. The Morgan fingerprint density at radius 3 is 2.62 bits per heavy atom. The zero-order chi connectivity index (χ0) is 18.6. The highest BCUT2D eigenvalue weighted by Gasteiger charge is 2.31. The highest BCUT2D eigenvalue weighted by atomic mass is 32.2. The van der Waals surface area contributed by atoms with Crippen LogP contribution in [0.5, 0.6) is 0 Å². The lowest BCUT2D eigenvalue weighted by Gasteiger charge is -2.28. The minimum atomic E-state index is -3.63. The number of rotatable bonds is 6. The van der Waals surface area contributed by atoms with Crippen molar-refractivity contribution in [1.82, 2.24) is 14.5 Å². The van der Waals surface area contributed by atoms with Crippen molar-refractivity contribution in [2.24, 2.45) is 5.92 Å². The van der Waals surface area contributed by atoms with Crippen LogP contribution in [0.2, 0.25) is 0 Å². The fourth-order valence-electron chi connectivity index (χ4n) is 2.78. The largest absolute Gasteiger partial charge is 0.300 e. The van der Waals surface area contributed by atoms with E-state index >= 15 is 0 Å². The number of nitrogens with one attached hydrogen (secondary N) is 1. The summed E-state index contributed by atoms with van der Waals surface area (Å²) < 4.78 is 26.6. The van der Waals surface area contributed by atoms with Gasteiger partial charge < -0.3 is 5.32 Å². The van der Waals surface area contributed by atoms with Gasteiger partial charge in [0.05, 0.1) is 0 Å². The standard InChI is InChI=1S/C17H22N4O3S2/c1-13-9-11-21(12-10-13)26(23,24)17-20-19-16(25-17)18-15(22)8-7-14-5-3-2-4-6-14/h2-6,13H,7-12H2,1H3,(H,18,19,22). The van der Waals surface area contributed by atoms with E-state index in [9.17, 15) is 13.2 Å². The summed E-state index contributed by atoms with van der Waals surface area (Å²) >= 11 is 0.900. The third-order valence-electron chi connectivity index (χ3n) is 4.44. The monoisotopic (exact) mass is 394 g/mol. The van der Waals surface area contributed by atoms with E-state index in [1.807, 2.05) is 30.3 Å². The van der Waals surface area contributed by atoms with Gasteiger partial charge in [0, 0.05) is 19.5 Å². The molecule has 0 radical (unpaired) electrons. The highest BCUT2D eigenvalue weighted by Crippen LogP contribution is 2.27. The molecule has 0 atom stereocenters. The molecule has 26 heavy (non-hydrogen) atoms. The van der Waals surface area contributed by atoms with Gasteiger partial charge in [-0.25, -0.2) is 8.42 Å². The van der Waals surface area contributed by atoms with Gasteiger partial charge >= 0.3 is 0 Å². The lowest BCUT2D eigenvalue weighted by atomic mass is 10.0. The van der Waals surface area contributed by atoms with Crippen molar-refractivity contribution >= 4 is 32.4 Å². The van der Waals surface area contributed by atoms with E-state index < -0.39 is 10.0 Å². The summed E-state index contributed by atoms with van der Waals surface area (Å²) in [7, 11) is -3.63. The van der Waals surface area contributed by atoms with Crippen molar-refractivity contribution in [1.29, 1.82) is 0 Å². The summed E-state index contributed by atoms with van der Waals surface area (Å²) in [5.41, 5.74) is 1.07. The van der Waals surface area contributed by atoms with Crippen molar-refractivity contribution < 1.29 is 13.2 Å². The van der Waals surface area contributed by atoms with Gasteiger partial charge in [0.2, 0.25) is 15.4 Å². The van der Waals surface area contributed by atoms with Gasteiger partial charge in [-0.05, 0) is 30.7 Å². The number of hydrogen-bond donors (Lipinski definition) is 1. The van der Waals surface area contributed by atoms with Gasteiger partial charge in [-0.2, -0.15) is 4.31 Å². The number of hydrogen-bond acceptors (Lipinski definition) is 6. The average molecular weight is 395 g/mol. The molecular weight excluding hydrogens is 372 g/mol. The van der Waals surface area contributed by atoms with E-state index in [4.69, 9.17) is 0 Å². The van der Waals surface area contributed by atoms with Crippen molar-refractivity contribution in [3.63, 3.8) is 0 Å². The Bertz CT molecular complexity index is 844. The number of carbonyl (C=O) groups excluding carboxylic acids is 1. The highest BCUT2D eigenvalue weighted by molar-refractivity contribution is 7.91. The zero-order valence-corrected chi connectivity index (χ0v) is 16.2. The first kappa shape index (κ1) is 18.9. The minimum Gasteiger partial charge on any atom is -0.300 e. The molecule has 0 bridgehead atoms. The Hall–Kier alpha value is -1.84. The molecule has 7 nitrogen and oxygen atoms in total. The molecule has 0 aliphatic carbocycles. The molecule has 3 rings (SSSR count). The number of nitrogens with zero attached hydrogens (tertiary/aromatic N) is 3. The van der Waals surface area contributed by atoms with E-state index in [1.165, 1.54) is 4.31 Å². The second-order valence-electron chi connectivity index (χ2n) is 6.49. The Morgan fingerprint density at radius 2 is 1.92 bits per heavy atom. The van der Waals surface area contributed by atoms with Crippen LogP contribution < -0.4 is 5.32 Å². The SMILES string of the molecule is CC1CCN(S(=O)(=O)c2nnc(NC(=O)CCc3ccccc3)s2)CC1. The molecule has 1 aromatic heterocycles. The number of carbonyl (C=O) groups is 1. The van der Waals surface area contributed by atoms with E-state index in [1.54, 1.807) is 0 Å². The molecule has 2 aromatic rings. The van der Waals surface area contributed by atoms with Crippen molar-refractivity contribution in [3.05, 3.63) is 35.9 Å². The molecule has 1 N–H and O–H groups in total. The molecule has 140 valence electrons. The summed E-state index contributed by atoms with van der Waals surface area (Å²) in [5, 5.41) is 10.4. The van der Waals surface area contributed by atoms with Gasteiger partial charge in [-0.3, -0.25) is 4.79 Å². The Kier molecular flexibility index (Phi) is 6.00.